The third kappa shape index (κ3) is 2.35. The van der Waals surface area contributed by atoms with Crippen molar-refractivity contribution in [2.45, 2.75) is 31.1 Å². The molecular weight excluding hydrogens is 252 g/mol. The number of allylic oxidation sites excluding steroid dienone is 2. The van der Waals surface area contributed by atoms with E-state index in [1.54, 1.807) is 0 Å². The number of benzene rings is 2. The summed E-state index contributed by atoms with van der Waals surface area (Å²) in [6, 6.07) is 17.6. The van der Waals surface area contributed by atoms with Crippen LogP contribution < -0.4 is 0 Å². The highest BCUT2D eigenvalue weighted by atomic mass is 14.2. The lowest BCUT2D eigenvalue weighted by molar-refractivity contribution is 0.613. The van der Waals surface area contributed by atoms with Crippen molar-refractivity contribution >= 4 is 12.2 Å². The van der Waals surface area contributed by atoms with E-state index in [1.807, 2.05) is 0 Å². The van der Waals surface area contributed by atoms with Crippen molar-refractivity contribution in [3.8, 4) is 0 Å². The highest BCUT2D eigenvalue weighted by molar-refractivity contribution is 5.63. The van der Waals surface area contributed by atoms with Crippen molar-refractivity contribution in [2.24, 2.45) is 0 Å². The predicted molar refractivity (Wildman–Crippen MR) is 90.3 cm³/mol. The first-order valence-corrected chi connectivity index (χ1v) is 7.96. The van der Waals surface area contributed by atoms with Crippen LogP contribution in [0.15, 0.2) is 60.7 Å². The molecule has 0 fully saturated rings. The molecule has 0 heterocycles. The van der Waals surface area contributed by atoms with Gasteiger partial charge >= 0.3 is 0 Å². The maximum atomic E-state index is 2.38. The molecule has 4 rings (SSSR count). The molecular formula is C21H20. The highest BCUT2D eigenvalue weighted by Crippen LogP contribution is 2.37. The van der Waals surface area contributed by atoms with Crippen LogP contribution in [0.25, 0.3) is 12.2 Å². The molecule has 2 aliphatic carbocycles. The molecule has 0 radical (unpaired) electrons. The Hall–Kier alpha value is -2.08. The molecule has 2 aromatic carbocycles. The fourth-order valence-corrected chi connectivity index (χ4v) is 3.71. The smallest absolute Gasteiger partial charge is 0.00272 e. The van der Waals surface area contributed by atoms with Gasteiger partial charge in [-0.3, -0.25) is 0 Å². The monoisotopic (exact) mass is 272 g/mol. The van der Waals surface area contributed by atoms with Crippen LogP contribution in [0.5, 0.6) is 0 Å². The molecule has 2 aliphatic rings. The van der Waals surface area contributed by atoms with Gasteiger partial charge in [0.15, 0.2) is 0 Å². The summed E-state index contributed by atoms with van der Waals surface area (Å²) in [6.07, 6.45) is 13.1. The lowest BCUT2D eigenvalue weighted by atomic mass is 9.90. The Bertz CT molecular complexity index is 644. The van der Waals surface area contributed by atoms with E-state index >= 15 is 0 Å². The Morgan fingerprint density at radius 1 is 0.619 bits per heavy atom. The summed E-state index contributed by atoms with van der Waals surface area (Å²) in [4.78, 5) is 0. The van der Waals surface area contributed by atoms with Gasteiger partial charge in [-0.05, 0) is 35.1 Å². The molecule has 104 valence electrons. The summed E-state index contributed by atoms with van der Waals surface area (Å²) < 4.78 is 0. The molecule has 21 heavy (non-hydrogen) atoms. The fourth-order valence-electron chi connectivity index (χ4n) is 3.71. The molecule has 0 amide bonds. The Balaban J connectivity index is 1.38. The van der Waals surface area contributed by atoms with Crippen molar-refractivity contribution in [3.05, 3.63) is 82.9 Å². The minimum Gasteiger partial charge on any atom is -0.0764 e. The lowest BCUT2D eigenvalue weighted by Gasteiger charge is -2.14. The van der Waals surface area contributed by atoms with E-state index in [2.05, 4.69) is 72.8 Å². The molecule has 0 aromatic heterocycles. The predicted octanol–water partition coefficient (Wildman–Crippen LogP) is 5.78. The van der Waals surface area contributed by atoms with Crippen LogP contribution in [0.2, 0.25) is 0 Å². The molecule has 0 bridgehead atoms. The van der Waals surface area contributed by atoms with E-state index in [0.717, 1.165) is 0 Å². The van der Waals surface area contributed by atoms with Crippen LogP contribution in [0.1, 0.15) is 53.4 Å². The molecule has 2 atom stereocenters. The van der Waals surface area contributed by atoms with E-state index < -0.39 is 0 Å². The summed E-state index contributed by atoms with van der Waals surface area (Å²) in [5, 5.41) is 0. The van der Waals surface area contributed by atoms with Gasteiger partial charge in [0, 0.05) is 11.8 Å². The minimum atomic E-state index is 0.627. The second-order valence-corrected chi connectivity index (χ2v) is 6.12. The molecule has 0 aliphatic heterocycles. The zero-order chi connectivity index (χ0) is 14.1. The first-order chi connectivity index (χ1) is 10.4. The molecule has 2 unspecified atom stereocenters. The normalized spacial score (nSPS) is 21.5. The molecule has 0 heteroatoms. The Morgan fingerprint density at radius 3 is 1.62 bits per heavy atom. The first-order valence-electron chi connectivity index (χ1n) is 7.96. The third-order valence-corrected chi connectivity index (χ3v) is 4.84. The van der Waals surface area contributed by atoms with Gasteiger partial charge in [0.25, 0.3) is 0 Å². The highest BCUT2D eigenvalue weighted by Gasteiger charge is 2.19. The quantitative estimate of drug-likeness (QED) is 0.662. The fraction of sp³-hybridized carbons (Fsp3) is 0.238. The van der Waals surface area contributed by atoms with E-state index in [1.165, 1.54) is 41.5 Å². The summed E-state index contributed by atoms with van der Waals surface area (Å²) in [7, 11) is 0. The largest absolute Gasteiger partial charge is 0.0764 e. The minimum absolute atomic E-state index is 0.627. The average molecular weight is 272 g/mol. The Kier molecular flexibility index (Phi) is 3.23. The lowest BCUT2D eigenvalue weighted by Crippen LogP contribution is -1.97. The molecule has 0 saturated carbocycles. The van der Waals surface area contributed by atoms with Crippen molar-refractivity contribution < 1.29 is 0 Å². The van der Waals surface area contributed by atoms with Crippen LogP contribution in [0, 0.1) is 0 Å². The summed E-state index contributed by atoms with van der Waals surface area (Å²) >= 11 is 0. The van der Waals surface area contributed by atoms with Crippen LogP contribution in [-0.4, -0.2) is 0 Å². The Morgan fingerprint density at radius 2 is 1.10 bits per heavy atom. The van der Waals surface area contributed by atoms with Crippen molar-refractivity contribution in [1.82, 2.24) is 0 Å². The summed E-state index contributed by atoms with van der Waals surface area (Å²) in [5.74, 6) is 1.25. The number of hydrogen-bond donors (Lipinski definition) is 0. The van der Waals surface area contributed by atoms with Crippen LogP contribution >= 0.6 is 0 Å². The molecule has 0 spiro atoms. The maximum absolute atomic E-state index is 2.38. The van der Waals surface area contributed by atoms with Crippen LogP contribution in [0.4, 0.5) is 0 Å². The molecule has 2 aromatic rings. The van der Waals surface area contributed by atoms with Crippen LogP contribution in [-0.2, 0) is 0 Å². The summed E-state index contributed by atoms with van der Waals surface area (Å²) in [6.45, 7) is 0. The van der Waals surface area contributed by atoms with E-state index in [0.29, 0.717) is 11.8 Å². The molecule has 0 N–H and O–H groups in total. The second kappa shape index (κ2) is 5.37. The van der Waals surface area contributed by atoms with Gasteiger partial charge in [0.2, 0.25) is 0 Å². The van der Waals surface area contributed by atoms with Gasteiger partial charge < -0.3 is 0 Å². The van der Waals surface area contributed by atoms with Gasteiger partial charge in [0.1, 0.15) is 0 Å². The third-order valence-electron chi connectivity index (χ3n) is 4.84. The van der Waals surface area contributed by atoms with Gasteiger partial charge in [-0.25, -0.2) is 0 Å². The number of hydrogen-bond acceptors (Lipinski definition) is 0. The average Bonchev–Trinajstić information content (AvgIpc) is 3.13. The maximum Gasteiger partial charge on any atom is 0.00272 e. The number of rotatable bonds is 4. The molecule has 0 saturated heterocycles. The van der Waals surface area contributed by atoms with Crippen molar-refractivity contribution in [1.29, 1.82) is 0 Å². The van der Waals surface area contributed by atoms with Gasteiger partial charge in [-0.2, -0.15) is 0 Å². The topological polar surface area (TPSA) is 0 Å². The second-order valence-electron chi connectivity index (χ2n) is 6.12. The van der Waals surface area contributed by atoms with Gasteiger partial charge in [-0.15, -0.1) is 0 Å². The van der Waals surface area contributed by atoms with E-state index in [9.17, 15) is 0 Å². The zero-order valence-corrected chi connectivity index (χ0v) is 12.2. The van der Waals surface area contributed by atoms with E-state index in [-0.39, 0.29) is 0 Å². The van der Waals surface area contributed by atoms with E-state index in [4.69, 9.17) is 0 Å². The van der Waals surface area contributed by atoms with Crippen molar-refractivity contribution in [3.63, 3.8) is 0 Å². The first kappa shape index (κ1) is 12.6. The SMILES string of the molecule is C1=CC(CCCC2C=Cc3ccccc32)c2ccccc21. The standard InChI is InChI=1S/C21H20/c1-3-10-20-16(6-1)12-14-18(20)8-5-9-19-15-13-17-7-2-4-11-21(17)19/h1-4,6-7,10-15,18-19H,5,8-9H2. The van der Waals surface area contributed by atoms with Crippen LogP contribution in [0.3, 0.4) is 0 Å². The zero-order valence-electron chi connectivity index (χ0n) is 12.2. The van der Waals surface area contributed by atoms with Crippen molar-refractivity contribution in [2.75, 3.05) is 0 Å². The number of fused-ring (bicyclic) bond motifs is 2. The summed E-state index contributed by atoms with van der Waals surface area (Å²) in [5.41, 5.74) is 5.85. The Labute approximate surface area is 126 Å². The van der Waals surface area contributed by atoms with Gasteiger partial charge in [-0.1, -0.05) is 79.3 Å². The molecule has 0 nitrogen and oxygen atoms in total. The van der Waals surface area contributed by atoms with Gasteiger partial charge in [0.05, 0.1) is 0 Å².